The number of hydrogen-bond donors (Lipinski definition) is 3. The SMILES string of the molecule is CC(C)C(=O)Nc1cccc(NC(=O)CNCc2ccccc2Cl)c1. The van der Waals surface area contributed by atoms with Crippen LogP contribution in [0.25, 0.3) is 0 Å². The third kappa shape index (κ3) is 6.21. The zero-order chi connectivity index (χ0) is 18.2. The summed E-state index contributed by atoms with van der Waals surface area (Å²) in [7, 11) is 0. The van der Waals surface area contributed by atoms with Gasteiger partial charge in [0.1, 0.15) is 0 Å². The lowest BCUT2D eigenvalue weighted by Gasteiger charge is -2.11. The van der Waals surface area contributed by atoms with E-state index in [9.17, 15) is 9.59 Å². The van der Waals surface area contributed by atoms with Crippen LogP contribution >= 0.6 is 11.6 Å². The first-order chi connectivity index (χ1) is 12.0. The van der Waals surface area contributed by atoms with Gasteiger partial charge in [0.15, 0.2) is 0 Å². The molecule has 0 saturated heterocycles. The van der Waals surface area contributed by atoms with E-state index in [0.29, 0.717) is 22.9 Å². The Morgan fingerprint density at radius 3 is 2.36 bits per heavy atom. The van der Waals surface area contributed by atoms with E-state index in [0.717, 1.165) is 5.56 Å². The van der Waals surface area contributed by atoms with Crippen LogP contribution in [0.2, 0.25) is 5.02 Å². The molecule has 5 nitrogen and oxygen atoms in total. The maximum Gasteiger partial charge on any atom is 0.238 e. The molecule has 2 amide bonds. The van der Waals surface area contributed by atoms with Crippen LogP contribution in [-0.4, -0.2) is 18.4 Å². The molecule has 0 unspecified atom stereocenters. The van der Waals surface area contributed by atoms with Gasteiger partial charge in [-0.15, -0.1) is 0 Å². The minimum Gasteiger partial charge on any atom is -0.326 e. The van der Waals surface area contributed by atoms with Crippen LogP contribution in [0.3, 0.4) is 0 Å². The second-order valence-corrected chi connectivity index (χ2v) is 6.38. The monoisotopic (exact) mass is 359 g/mol. The Hall–Kier alpha value is -2.37. The summed E-state index contributed by atoms with van der Waals surface area (Å²) in [6, 6.07) is 14.6. The van der Waals surface area contributed by atoms with E-state index in [-0.39, 0.29) is 24.3 Å². The minimum absolute atomic E-state index is 0.0649. The summed E-state index contributed by atoms with van der Waals surface area (Å²) in [6.45, 7) is 4.32. The molecule has 0 radical (unpaired) electrons. The lowest BCUT2D eigenvalue weighted by Crippen LogP contribution is -2.27. The predicted octanol–water partition coefficient (Wildman–Crippen LogP) is 3.66. The van der Waals surface area contributed by atoms with Crippen LogP contribution in [0.1, 0.15) is 19.4 Å². The van der Waals surface area contributed by atoms with Crippen molar-refractivity contribution in [3.8, 4) is 0 Å². The lowest BCUT2D eigenvalue weighted by atomic mass is 10.2. The van der Waals surface area contributed by atoms with Gasteiger partial charge in [-0.25, -0.2) is 0 Å². The minimum atomic E-state index is -0.167. The Kier molecular flexibility index (Phi) is 6.98. The second kappa shape index (κ2) is 9.20. The highest BCUT2D eigenvalue weighted by Gasteiger charge is 2.08. The molecule has 0 heterocycles. The van der Waals surface area contributed by atoms with E-state index in [4.69, 9.17) is 11.6 Å². The molecule has 25 heavy (non-hydrogen) atoms. The maximum atomic E-state index is 12.0. The van der Waals surface area contributed by atoms with Gasteiger partial charge in [-0.1, -0.05) is 49.7 Å². The van der Waals surface area contributed by atoms with E-state index in [1.54, 1.807) is 24.3 Å². The smallest absolute Gasteiger partial charge is 0.238 e. The molecule has 2 aromatic rings. The number of rotatable bonds is 7. The average Bonchev–Trinajstić information content (AvgIpc) is 2.57. The Morgan fingerprint density at radius 1 is 1.00 bits per heavy atom. The molecule has 0 aliphatic heterocycles. The van der Waals surface area contributed by atoms with Gasteiger partial charge in [0, 0.05) is 28.9 Å². The first-order valence-corrected chi connectivity index (χ1v) is 8.48. The number of amides is 2. The summed E-state index contributed by atoms with van der Waals surface area (Å²) < 4.78 is 0. The largest absolute Gasteiger partial charge is 0.326 e. The molecule has 0 aliphatic rings. The Bertz CT molecular complexity index is 747. The fraction of sp³-hybridized carbons (Fsp3) is 0.263. The first-order valence-electron chi connectivity index (χ1n) is 8.10. The summed E-state index contributed by atoms with van der Waals surface area (Å²) in [6.07, 6.45) is 0. The van der Waals surface area contributed by atoms with E-state index in [1.807, 2.05) is 38.1 Å². The summed E-state index contributed by atoms with van der Waals surface area (Å²) in [5.41, 5.74) is 2.22. The van der Waals surface area contributed by atoms with E-state index >= 15 is 0 Å². The highest BCUT2D eigenvalue weighted by atomic mass is 35.5. The Morgan fingerprint density at radius 2 is 1.68 bits per heavy atom. The van der Waals surface area contributed by atoms with Crippen molar-refractivity contribution in [2.24, 2.45) is 5.92 Å². The van der Waals surface area contributed by atoms with E-state index in [1.165, 1.54) is 0 Å². The Balaban J connectivity index is 1.84. The molecule has 3 N–H and O–H groups in total. The number of nitrogens with one attached hydrogen (secondary N) is 3. The molecule has 132 valence electrons. The summed E-state index contributed by atoms with van der Waals surface area (Å²) in [5, 5.41) is 9.33. The third-order valence-electron chi connectivity index (χ3n) is 3.50. The van der Waals surface area contributed by atoms with Crippen molar-refractivity contribution in [2.75, 3.05) is 17.2 Å². The summed E-state index contributed by atoms with van der Waals surface area (Å²) in [4.78, 5) is 23.8. The fourth-order valence-corrected chi connectivity index (χ4v) is 2.32. The molecular weight excluding hydrogens is 338 g/mol. The van der Waals surface area contributed by atoms with Crippen LogP contribution in [0.5, 0.6) is 0 Å². The van der Waals surface area contributed by atoms with Gasteiger partial charge >= 0.3 is 0 Å². The Labute approximate surface area is 152 Å². The number of carbonyl (C=O) groups is 2. The van der Waals surface area contributed by atoms with Crippen molar-refractivity contribution in [1.29, 1.82) is 0 Å². The van der Waals surface area contributed by atoms with Gasteiger partial charge < -0.3 is 16.0 Å². The topological polar surface area (TPSA) is 70.2 Å². The van der Waals surface area contributed by atoms with Crippen molar-refractivity contribution in [2.45, 2.75) is 20.4 Å². The number of anilines is 2. The predicted molar refractivity (Wildman–Crippen MR) is 102 cm³/mol. The first kappa shape index (κ1) is 19.0. The maximum absolute atomic E-state index is 12.0. The van der Waals surface area contributed by atoms with Crippen molar-refractivity contribution >= 4 is 34.8 Å². The molecule has 0 aliphatic carbocycles. The molecule has 0 fully saturated rings. The lowest BCUT2D eigenvalue weighted by molar-refractivity contribution is -0.119. The molecule has 0 atom stereocenters. The van der Waals surface area contributed by atoms with Gasteiger partial charge in [-0.05, 0) is 29.8 Å². The standard InChI is InChI=1S/C19H22ClN3O2/c1-13(2)19(25)23-16-8-5-7-15(10-16)22-18(24)12-21-11-14-6-3-4-9-17(14)20/h3-10,13,21H,11-12H2,1-2H3,(H,22,24)(H,23,25). The summed E-state index contributed by atoms with van der Waals surface area (Å²) in [5.74, 6) is -0.337. The van der Waals surface area contributed by atoms with Crippen LogP contribution in [0.15, 0.2) is 48.5 Å². The second-order valence-electron chi connectivity index (χ2n) is 5.97. The third-order valence-corrected chi connectivity index (χ3v) is 3.87. The number of halogens is 1. The quantitative estimate of drug-likeness (QED) is 0.706. The molecule has 0 saturated carbocycles. The molecule has 0 spiro atoms. The van der Waals surface area contributed by atoms with Crippen molar-refractivity contribution in [1.82, 2.24) is 5.32 Å². The molecule has 2 aromatic carbocycles. The van der Waals surface area contributed by atoms with Gasteiger partial charge in [-0.2, -0.15) is 0 Å². The molecule has 0 bridgehead atoms. The summed E-state index contributed by atoms with van der Waals surface area (Å²) >= 11 is 6.08. The zero-order valence-electron chi connectivity index (χ0n) is 14.3. The van der Waals surface area contributed by atoms with Crippen LogP contribution < -0.4 is 16.0 Å². The van der Waals surface area contributed by atoms with Gasteiger partial charge in [0.25, 0.3) is 0 Å². The molecular formula is C19H22ClN3O2. The fourth-order valence-electron chi connectivity index (χ4n) is 2.12. The van der Waals surface area contributed by atoms with Crippen LogP contribution in [0, 0.1) is 5.92 Å². The normalized spacial score (nSPS) is 10.6. The number of carbonyl (C=O) groups excluding carboxylic acids is 2. The van der Waals surface area contributed by atoms with Crippen LogP contribution in [0.4, 0.5) is 11.4 Å². The van der Waals surface area contributed by atoms with Crippen molar-refractivity contribution in [3.63, 3.8) is 0 Å². The van der Waals surface area contributed by atoms with Crippen molar-refractivity contribution < 1.29 is 9.59 Å². The van der Waals surface area contributed by atoms with Gasteiger partial charge in [0.05, 0.1) is 6.54 Å². The number of benzene rings is 2. The van der Waals surface area contributed by atoms with Gasteiger partial charge in [-0.3, -0.25) is 9.59 Å². The van der Waals surface area contributed by atoms with Crippen LogP contribution in [-0.2, 0) is 16.1 Å². The van der Waals surface area contributed by atoms with Crippen molar-refractivity contribution in [3.05, 3.63) is 59.1 Å². The number of hydrogen-bond acceptors (Lipinski definition) is 3. The highest BCUT2D eigenvalue weighted by molar-refractivity contribution is 6.31. The molecule has 0 aromatic heterocycles. The molecule has 6 heteroatoms. The highest BCUT2D eigenvalue weighted by Crippen LogP contribution is 2.16. The average molecular weight is 360 g/mol. The van der Waals surface area contributed by atoms with E-state index < -0.39 is 0 Å². The van der Waals surface area contributed by atoms with E-state index in [2.05, 4.69) is 16.0 Å². The molecule has 2 rings (SSSR count). The van der Waals surface area contributed by atoms with Gasteiger partial charge in [0.2, 0.25) is 11.8 Å². The zero-order valence-corrected chi connectivity index (χ0v) is 15.1.